The summed E-state index contributed by atoms with van der Waals surface area (Å²) in [5.74, 6) is -8.54. The van der Waals surface area contributed by atoms with Crippen molar-refractivity contribution in [3.8, 4) is 11.9 Å². The molecule has 3 aromatic heterocycles. The number of nitriles is 1. The summed E-state index contributed by atoms with van der Waals surface area (Å²) in [7, 11) is 0. The number of alkyl halides is 6. The van der Waals surface area contributed by atoms with Gasteiger partial charge in [0, 0.05) is 32.1 Å². The van der Waals surface area contributed by atoms with Crippen LogP contribution in [0.25, 0.3) is 5.65 Å². The lowest BCUT2D eigenvalue weighted by molar-refractivity contribution is -0.134. The number of rotatable bonds is 12. The van der Waals surface area contributed by atoms with Crippen molar-refractivity contribution < 1.29 is 45.3 Å². The molecule has 12 nitrogen and oxygen atoms in total. The Morgan fingerprint density at radius 1 is 1.09 bits per heavy atom. The van der Waals surface area contributed by atoms with Crippen LogP contribution in [0, 0.1) is 28.6 Å². The van der Waals surface area contributed by atoms with E-state index in [1.165, 1.54) is 16.9 Å². The van der Waals surface area contributed by atoms with E-state index in [-0.39, 0.29) is 43.4 Å². The summed E-state index contributed by atoms with van der Waals surface area (Å²) in [5.41, 5.74) is -0.468. The van der Waals surface area contributed by atoms with Crippen LogP contribution in [0.15, 0.2) is 23.1 Å². The SMILES string of the molecule is N#CC1(C(NC(=O)CC2CC(F)(F)C2)c2cnn3cc([C@@H](NC(=O)c4nonc4OCC(F)F)C4CCC(F)(F)CC4)nc3c2)CC1. The Kier molecular flexibility index (Phi) is 8.51. The molecule has 3 heterocycles. The fraction of sp³-hybridized carbons (Fsp3) is 0.621. The molecule has 0 spiro atoms. The lowest BCUT2D eigenvalue weighted by atomic mass is 9.79. The largest absolute Gasteiger partial charge is 0.468 e. The van der Waals surface area contributed by atoms with Crippen molar-refractivity contribution in [2.45, 2.75) is 88.1 Å². The van der Waals surface area contributed by atoms with Crippen molar-refractivity contribution >= 4 is 17.5 Å². The Hall–Kier alpha value is -4.43. The van der Waals surface area contributed by atoms with Gasteiger partial charge in [-0.2, -0.15) is 10.4 Å². The summed E-state index contributed by atoms with van der Waals surface area (Å²) in [6.45, 7) is -1.07. The molecule has 2 atom stereocenters. The molecular formula is C29H30F6N8O4. The van der Waals surface area contributed by atoms with E-state index in [1.54, 1.807) is 6.07 Å². The average molecular weight is 669 g/mol. The minimum absolute atomic E-state index is 0.0298. The summed E-state index contributed by atoms with van der Waals surface area (Å²) in [5, 5.41) is 26.6. The lowest BCUT2D eigenvalue weighted by Gasteiger charge is -2.35. The quantitative estimate of drug-likeness (QED) is 0.255. The van der Waals surface area contributed by atoms with Gasteiger partial charge < -0.3 is 15.4 Å². The van der Waals surface area contributed by atoms with Gasteiger partial charge in [0.2, 0.25) is 23.4 Å². The van der Waals surface area contributed by atoms with Gasteiger partial charge in [-0.25, -0.2) is 40.5 Å². The second-order valence-corrected chi connectivity index (χ2v) is 12.6. The summed E-state index contributed by atoms with van der Waals surface area (Å²) < 4.78 is 90.8. The maximum Gasteiger partial charge on any atom is 0.289 e. The first kappa shape index (κ1) is 32.5. The van der Waals surface area contributed by atoms with Gasteiger partial charge in [-0.3, -0.25) is 9.59 Å². The number of carbonyl (C=O) groups is 2. The van der Waals surface area contributed by atoms with Gasteiger partial charge in [0.15, 0.2) is 12.3 Å². The molecule has 252 valence electrons. The molecule has 18 heteroatoms. The number of aromatic nitrogens is 5. The third-order valence-electron chi connectivity index (χ3n) is 9.07. The maximum atomic E-state index is 14.1. The molecule has 3 aliphatic rings. The highest BCUT2D eigenvalue weighted by Crippen LogP contribution is 2.54. The minimum atomic E-state index is -2.87. The molecule has 0 aliphatic heterocycles. The zero-order valence-electron chi connectivity index (χ0n) is 24.8. The van der Waals surface area contributed by atoms with Crippen LogP contribution < -0.4 is 15.4 Å². The lowest BCUT2D eigenvalue weighted by Crippen LogP contribution is -2.40. The number of hydrogen-bond acceptors (Lipinski definition) is 9. The van der Waals surface area contributed by atoms with Gasteiger partial charge in [0.25, 0.3) is 18.2 Å². The first-order valence-corrected chi connectivity index (χ1v) is 15.1. The number of fused-ring (bicyclic) bond motifs is 1. The number of hydrogen-bond donors (Lipinski definition) is 2. The minimum Gasteiger partial charge on any atom is -0.468 e. The zero-order valence-corrected chi connectivity index (χ0v) is 24.8. The Bertz CT molecular complexity index is 1670. The molecule has 3 saturated carbocycles. The smallest absolute Gasteiger partial charge is 0.289 e. The highest BCUT2D eigenvalue weighted by molar-refractivity contribution is 5.94. The second-order valence-electron chi connectivity index (χ2n) is 12.6. The van der Waals surface area contributed by atoms with Crippen LogP contribution in [0.3, 0.4) is 0 Å². The Labute approximate surface area is 263 Å². The van der Waals surface area contributed by atoms with Gasteiger partial charge in [-0.15, -0.1) is 0 Å². The Balaban J connectivity index is 1.26. The second kappa shape index (κ2) is 12.3. The van der Waals surface area contributed by atoms with Crippen molar-refractivity contribution in [1.29, 1.82) is 5.26 Å². The van der Waals surface area contributed by atoms with E-state index in [9.17, 15) is 41.2 Å². The van der Waals surface area contributed by atoms with E-state index < -0.39 is 90.4 Å². The maximum absolute atomic E-state index is 14.1. The standard InChI is InChI=1S/C29H30F6N8O4/c30-19(31)13-46-26-23(41-47-42-26)25(45)40-22(16-1-3-28(32,33)4-2-16)18-12-43-20(38-18)8-17(11-37-43)24(27(14-36)5-6-27)39-21(44)7-15-9-29(34,35)10-15/h8,11-12,15-16,19,22,24H,1-7,9-10,13H2,(H,39,44)(H,40,45)/t22-,24?/m0/s1. The Morgan fingerprint density at radius 2 is 1.81 bits per heavy atom. The molecule has 2 N–H and O–H groups in total. The van der Waals surface area contributed by atoms with E-state index in [2.05, 4.69) is 41.7 Å². The van der Waals surface area contributed by atoms with E-state index in [0.717, 1.165) is 0 Å². The molecule has 0 radical (unpaired) electrons. The van der Waals surface area contributed by atoms with Gasteiger partial charge in [-0.1, -0.05) is 0 Å². The highest BCUT2D eigenvalue weighted by atomic mass is 19.3. The van der Waals surface area contributed by atoms with E-state index in [4.69, 9.17) is 4.74 Å². The molecule has 3 aliphatic carbocycles. The van der Waals surface area contributed by atoms with Crippen LogP contribution in [-0.2, 0) is 4.79 Å². The van der Waals surface area contributed by atoms with Crippen LogP contribution in [0.5, 0.6) is 5.88 Å². The molecule has 6 rings (SSSR count). The molecule has 3 fully saturated rings. The number of nitrogens with one attached hydrogen (secondary N) is 2. The number of carbonyl (C=O) groups excluding carboxylic acids is 2. The predicted molar refractivity (Wildman–Crippen MR) is 146 cm³/mol. The predicted octanol–water partition coefficient (Wildman–Crippen LogP) is 4.95. The highest BCUT2D eigenvalue weighted by Gasteiger charge is 2.52. The first-order valence-electron chi connectivity index (χ1n) is 15.1. The van der Waals surface area contributed by atoms with Gasteiger partial charge in [0.05, 0.1) is 41.7 Å². The van der Waals surface area contributed by atoms with Crippen LogP contribution in [0.4, 0.5) is 26.3 Å². The third kappa shape index (κ3) is 7.13. The molecule has 0 bridgehead atoms. The van der Waals surface area contributed by atoms with Crippen molar-refractivity contribution in [3.05, 3.63) is 35.4 Å². The average Bonchev–Trinajstić information content (AvgIpc) is 3.44. The van der Waals surface area contributed by atoms with E-state index in [0.29, 0.717) is 18.4 Å². The van der Waals surface area contributed by atoms with E-state index >= 15 is 0 Å². The normalized spacial score (nSPS) is 21.4. The van der Waals surface area contributed by atoms with Crippen LogP contribution in [0.2, 0.25) is 0 Å². The van der Waals surface area contributed by atoms with Crippen molar-refractivity contribution in [1.82, 2.24) is 35.5 Å². The molecule has 47 heavy (non-hydrogen) atoms. The van der Waals surface area contributed by atoms with Crippen molar-refractivity contribution in [3.63, 3.8) is 0 Å². The van der Waals surface area contributed by atoms with Crippen molar-refractivity contribution in [2.24, 2.45) is 17.3 Å². The first-order chi connectivity index (χ1) is 22.3. The van der Waals surface area contributed by atoms with Gasteiger partial charge >= 0.3 is 0 Å². The van der Waals surface area contributed by atoms with Crippen LogP contribution >= 0.6 is 0 Å². The fourth-order valence-corrected chi connectivity index (χ4v) is 6.36. The topological polar surface area (TPSA) is 160 Å². The molecule has 1 unspecified atom stereocenters. The summed E-state index contributed by atoms with van der Waals surface area (Å²) in [6, 6.07) is 2.12. The van der Waals surface area contributed by atoms with Gasteiger partial charge in [0.1, 0.15) is 0 Å². The molecular weight excluding hydrogens is 638 g/mol. The van der Waals surface area contributed by atoms with Crippen molar-refractivity contribution in [2.75, 3.05) is 6.61 Å². The molecule has 2 amide bonds. The molecule has 0 saturated heterocycles. The number of amides is 2. The summed E-state index contributed by atoms with van der Waals surface area (Å²) in [6.07, 6.45) is -0.552. The number of imidazole rings is 1. The summed E-state index contributed by atoms with van der Waals surface area (Å²) in [4.78, 5) is 30.7. The van der Waals surface area contributed by atoms with Crippen LogP contribution in [-0.4, -0.2) is 61.6 Å². The zero-order chi connectivity index (χ0) is 33.6. The number of halogens is 6. The summed E-state index contributed by atoms with van der Waals surface area (Å²) >= 11 is 0. The fourth-order valence-electron chi connectivity index (χ4n) is 6.36. The molecule has 0 aromatic carbocycles. The van der Waals surface area contributed by atoms with E-state index in [1.807, 2.05) is 0 Å². The van der Waals surface area contributed by atoms with Gasteiger partial charge in [-0.05, 0) is 59.5 Å². The monoisotopic (exact) mass is 668 g/mol. The Morgan fingerprint density at radius 3 is 2.45 bits per heavy atom. The van der Waals surface area contributed by atoms with Crippen LogP contribution in [0.1, 0.15) is 91.6 Å². The number of ether oxygens (including phenoxy) is 1. The third-order valence-corrected chi connectivity index (χ3v) is 9.07. The number of nitrogens with zero attached hydrogens (tertiary/aromatic N) is 6. The molecule has 3 aromatic rings.